The number of hydrazone groups is 1. The van der Waals surface area contributed by atoms with Crippen molar-refractivity contribution in [2.75, 3.05) is 12.5 Å². The fourth-order valence-electron chi connectivity index (χ4n) is 2.73. The second-order valence-corrected chi connectivity index (χ2v) is 6.35. The fraction of sp³-hybridized carbons (Fsp3) is 0.227. The number of hydrogen-bond acceptors (Lipinski definition) is 7. The molecule has 0 saturated carbocycles. The van der Waals surface area contributed by atoms with Crippen molar-refractivity contribution in [3.8, 4) is 6.07 Å². The minimum absolute atomic E-state index is 0.539. The van der Waals surface area contributed by atoms with Crippen LogP contribution in [-0.4, -0.2) is 33.1 Å². The normalized spacial score (nSPS) is 12.0. The summed E-state index contributed by atoms with van der Waals surface area (Å²) in [5, 5.41) is 18.3. The Kier molecular flexibility index (Phi) is 7.28. The Morgan fingerprint density at radius 1 is 1.27 bits per heavy atom. The number of hydrogen-bond donors (Lipinski definition) is 1. The monoisotopic (exact) mass is 401 g/mol. The summed E-state index contributed by atoms with van der Waals surface area (Å²) in [6, 6.07) is 9.23. The van der Waals surface area contributed by atoms with Gasteiger partial charge >= 0.3 is 0 Å². The summed E-state index contributed by atoms with van der Waals surface area (Å²) in [6.07, 6.45) is 12.8. The van der Waals surface area contributed by atoms with Crippen LogP contribution in [0, 0.1) is 11.3 Å². The third-order valence-corrected chi connectivity index (χ3v) is 4.33. The summed E-state index contributed by atoms with van der Waals surface area (Å²) in [5.41, 5.74) is 5.13. The van der Waals surface area contributed by atoms with E-state index in [4.69, 9.17) is 10.00 Å². The zero-order valence-electron chi connectivity index (χ0n) is 17.0. The second kappa shape index (κ2) is 10.5. The van der Waals surface area contributed by atoms with E-state index in [0.717, 1.165) is 29.6 Å². The SMILES string of the molecule is CC/C=C\C/C(=C\Cn1ncc2c(N/N=C/c3ccc(C#N)cc3)ncnc21)OC. The van der Waals surface area contributed by atoms with E-state index in [1.54, 1.807) is 36.3 Å². The van der Waals surface area contributed by atoms with Gasteiger partial charge < -0.3 is 4.74 Å². The summed E-state index contributed by atoms with van der Waals surface area (Å²) in [5.74, 6) is 1.45. The van der Waals surface area contributed by atoms with E-state index in [1.165, 1.54) is 6.33 Å². The molecule has 0 bridgehead atoms. The molecule has 152 valence electrons. The molecular formula is C22H23N7O. The van der Waals surface area contributed by atoms with Gasteiger partial charge in [-0.1, -0.05) is 31.2 Å². The zero-order chi connectivity index (χ0) is 21.2. The van der Waals surface area contributed by atoms with Crippen LogP contribution in [0.3, 0.4) is 0 Å². The van der Waals surface area contributed by atoms with Crippen molar-refractivity contribution in [1.82, 2.24) is 19.7 Å². The highest BCUT2D eigenvalue weighted by Crippen LogP contribution is 2.19. The van der Waals surface area contributed by atoms with E-state index in [9.17, 15) is 0 Å². The predicted octanol–water partition coefficient (Wildman–Crippen LogP) is 4.03. The Hall–Kier alpha value is -3.99. The largest absolute Gasteiger partial charge is 0.501 e. The first-order valence-electron chi connectivity index (χ1n) is 9.59. The minimum atomic E-state index is 0.539. The first-order valence-corrected chi connectivity index (χ1v) is 9.59. The average Bonchev–Trinajstić information content (AvgIpc) is 3.20. The van der Waals surface area contributed by atoms with E-state index in [-0.39, 0.29) is 0 Å². The fourth-order valence-corrected chi connectivity index (χ4v) is 2.73. The van der Waals surface area contributed by atoms with Crippen molar-refractivity contribution < 1.29 is 4.74 Å². The number of nitriles is 1. The number of rotatable bonds is 9. The van der Waals surface area contributed by atoms with Gasteiger partial charge in [0.05, 0.1) is 48.8 Å². The van der Waals surface area contributed by atoms with Crippen LogP contribution in [-0.2, 0) is 11.3 Å². The van der Waals surface area contributed by atoms with E-state index >= 15 is 0 Å². The highest BCUT2D eigenvalue weighted by Gasteiger charge is 2.09. The van der Waals surface area contributed by atoms with Crippen LogP contribution in [0.4, 0.5) is 5.82 Å². The lowest BCUT2D eigenvalue weighted by atomic mass is 10.2. The Morgan fingerprint density at radius 2 is 2.10 bits per heavy atom. The molecular weight excluding hydrogens is 378 g/mol. The predicted molar refractivity (Wildman–Crippen MR) is 117 cm³/mol. The van der Waals surface area contributed by atoms with Crippen molar-refractivity contribution in [2.45, 2.75) is 26.3 Å². The van der Waals surface area contributed by atoms with Gasteiger partial charge in [0, 0.05) is 6.42 Å². The van der Waals surface area contributed by atoms with Crippen LogP contribution >= 0.6 is 0 Å². The number of aromatic nitrogens is 4. The summed E-state index contributed by atoms with van der Waals surface area (Å²) >= 11 is 0. The molecule has 30 heavy (non-hydrogen) atoms. The molecule has 0 saturated heterocycles. The number of benzene rings is 1. The van der Waals surface area contributed by atoms with Gasteiger partial charge in [0.25, 0.3) is 0 Å². The average molecular weight is 401 g/mol. The molecule has 3 aromatic rings. The van der Waals surface area contributed by atoms with Gasteiger partial charge in [0.15, 0.2) is 11.5 Å². The van der Waals surface area contributed by atoms with Gasteiger partial charge in [-0.3, -0.25) is 5.43 Å². The van der Waals surface area contributed by atoms with Crippen LogP contribution in [0.5, 0.6) is 0 Å². The van der Waals surface area contributed by atoms with E-state index in [0.29, 0.717) is 23.6 Å². The third-order valence-electron chi connectivity index (χ3n) is 4.33. The number of methoxy groups -OCH3 is 1. The van der Waals surface area contributed by atoms with E-state index in [2.05, 4.69) is 50.7 Å². The molecule has 0 radical (unpaired) electrons. The minimum Gasteiger partial charge on any atom is -0.501 e. The number of ether oxygens (including phenoxy) is 1. The first kappa shape index (κ1) is 20.7. The van der Waals surface area contributed by atoms with E-state index in [1.807, 2.05) is 18.2 Å². The molecule has 0 spiro atoms. The summed E-state index contributed by atoms with van der Waals surface area (Å²) in [6.45, 7) is 2.64. The molecule has 0 aliphatic rings. The van der Waals surface area contributed by atoms with Crippen LogP contribution in [0.25, 0.3) is 11.0 Å². The molecule has 3 rings (SSSR count). The summed E-state index contributed by atoms with van der Waals surface area (Å²) in [7, 11) is 1.67. The highest BCUT2D eigenvalue weighted by atomic mass is 16.5. The summed E-state index contributed by atoms with van der Waals surface area (Å²) in [4.78, 5) is 8.61. The third kappa shape index (κ3) is 5.29. The Bertz CT molecular complexity index is 1100. The van der Waals surface area contributed by atoms with Crippen LogP contribution in [0.15, 0.2) is 65.9 Å². The summed E-state index contributed by atoms with van der Waals surface area (Å²) < 4.78 is 7.21. The standard InChI is InChI=1S/C22H23N7O/c1-3-4-5-6-19(30-2)11-12-29-22-20(15-27-29)21(24-16-25-22)28-26-14-18-9-7-17(13-23)8-10-18/h4-5,7-11,14-16H,3,6,12H2,1-2H3,(H,24,25,28)/b5-4-,19-11+,26-14+. The van der Waals surface area contributed by atoms with Gasteiger partial charge in [0.2, 0.25) is 0 Å². The quantitative estimate of drug-likeness (QED) is 0.251. The molecule has 2 heterocycles. The highest BCUT2D eigenvalue weighted by molar-refractivity contribution is 5.87. The Morgan fingerprint density at radius 3 is 2.83 bits per heavy atom. The lowest BCUT2D eigenvalue weighted by Gasteiger charge is -2.05. The molecule has 8 heteroatoms. The Balaban J connectivity index is 1.72. The van der Waals surface area contributed by atoms with Crippen LogP contribution in [0.1, 0.15) is 30.9 Å². The van der Waals surface area contributed by atoms with Gasteiger partial charge in [-0.2, -0.15) is 15.5 Å². The van der Waals surface area contributed by atoms with Gasteiger partial charge in [0.1, 0.15) is 6.33 Å². The van der Waals surface area contributed by atoms with Gasteiger partial charge in [-0.15, -0.1) is 0 Å². The van der Waals surface area contributed by atoms with E-state index < -0.39 is 0 Å². The molecule has 0 unspecified atom stereocenters. The number of anilines is 1. The van der Waals surface area contributed by atoms with Crippen LogP contribution < -0.4 is 5.43 Å². The molecule has 1 aromatic carbocycles. The Labute approximate surface area is 175 Å². The van der Waals surface area contributed by atoms with Crippen molar-refractivity contribution in [3.63, 3.8) is 0 Å². The molecule has 0 aliphatic carbocycles. The molecule has 1 N–H and O–H groups in total. The lowest BCUT2D eigenvalue weighted by molar-refractivity contribution is 0.282. The molecule has 2 aromatic heterocycles. The van der Waals surface area contributed by atoms with Crippen LogP contribution in [0.2, 0.25) is 0 Å². The number of nitrogens with zero attached hydrogens (tertiary/aromatic N) is 6. The molecule has 8 nitrogen and oxygen atoms in total. The van der Waals surface area contributed by atoms with Crippen molar-refractivity contribution in [3.05, 3.63) is 71.9 Å². The number of nitrogens with one attached hydrogen (secondary N) is 1. The van der Waals surface area contributed by atoms with Gasteiger partial charge in [-0.05, 0) is 30.2 Å². The second-order valence-electron chi connectivity index (χ2n) is 6.35. The van der Waals surface area contributed by atoms with Crippen molar-refractivity contribution >= 4 is 23.1 Å². The number of allylic oxidation sites excluding steroid dienone is 3. The molecule has 0 amide bonds. The zero-order valence-corrected chi connectivity index (χ0v) is 17.0. The van der Waals surface area contributed by atoms with Gasteiger partial charge in [-0.25, -0.2) is 14.6 Å². The molecule has 0 aliphatic heterocycles. The smallest absolute Gasteiger partial charge is 0.163 e. The maximum Gasteiger partial charge on any atom is 0.163 e. The molecule has 0 fully saturated rings. The lowest BCUT2D eigenvalue weighted by Crippen LogP contribution is -2.01. The maximum atomic E-state index is 8.86. The maximum absolute atomic E-state index is 8.86. The molecule has 0 atom stereocenters. The van der Waals surface area contributed by atoms with Crippen molar-refractivity contribution in [1.29, 1.82) is 5.26 Å². The van der Waals surface area contributed by atoms with Crippen molar-refractivity contribution in [2.24, 2.45) is 5.10 Å². The topological polar surface area (TPSA) is 101 Å². The number of fused-ring (bicyclic) bond motifs is 1. The first-order chi connectivity index (χ1) is 14.7.